The number of rotatable bonds is 3. The Kier molecular flexibility index (Phi) is 3.29. The molecule has 1 heterocycles. The van der Waals surface area contributed by atoms with Crippen molar-refractivity contribution in [3.8, 4) is 0 Å². The molecule has 2 fully saturated rings. The van der Waals surface area contributed by atoms with Gasteiger partial charge in [0.1, 0.15) is 0 Å². The van der Waals surface area contributed by atoms with Gasteiger partial charge in [-0.1, -0.05) is 0 Å². The highest BCUT2D eigenvalue weighted by Crippen LogP contribution is 2.31. The van der Waals surface area contributed by atoms with Gasteiger partial charge in [0, 0.05) is 12.6 Å². The first-order chi connectivity index (χ1) is 7.22. The van der Waals surface area contributed by atoms with Gasteiger partial charge in [-0.2, -0.15) is 0 Å². The lowest BCUT2D eigenvalue weighted by molar-refractivity contribution is -0.134. The van der Waals surface area contributed by atoms with Crippen LogP contribution in [0.1, 0.15) is 39.0 Å². The standard InChI is InChI=1S/C12H22N2O/c1-9-4-3-5-11(13-2)12(15)14(9)8-10-6-7-10/h9-11,13H,3-8H2,1-2H3. The third kappa shape index (κ3) is 2.51. The maximum absolute atomic E-state index is 12.2. The summed E-state index contributed by atoms with van der Waals surface area (Å²) in [6, 6.07) is 0.505. The largest absolute Gasteiger partial charge is 0.338 e. The average molecular weight is 210 g/mol. The molecule has 1 aliphatic heterocycles. The Morgan fingerprint density at radius 3 is 2.67 bits per heavy atom. The molecule has 0 aromatic rings. The first-order valence-electron chi connectivity index (χ1n) is 6.20. The molecule has 1 aliphatic carbocycles. The van der Waals surface area contributed by atoms with Gasteiger partial charge in [-0.3, -0.25) is 4.79 Å². The minimum Gasteiger partial charge on any atom is -0.338 e. The predicted octanol–water partition coefficient (Wildman–Crippen LogP) is 1.39. The molecule has 15 heavy (non-hydrogen) atoms. The first kappa shape index (κ1) is 10.9. The third-order valence-corrected chi connectivity index (χ3v) is 3.73. The molecule has 0 aromatic carbocycles. The fraction of sp³-hybridized carbons (Fsp3) is 0.917. The summed E-state index contributed by atoms with van der Waals surface area (Å²) < 4.78 is 0. The van der Waals surface area contributed by atoms with Crippen LogP contribution in [0.15, 0.2) is 0 Å². The van der Waals surface area contributed by atoms with Gasteiger partial charge in [-0.15, -0.1) is 0 Å². The highest BCUT2D eigenvalue weighted by molar-refractivity contribution is 5.82. The second-order valence-electron chi connectivity index (χ2n) is 5.06. The number of carbonyl (C=O) groups is 1. The summed E-state index contributed by atoms with van der Waals surface area (Å²) in [6.45, 7) is 3.19. The Balaban J connectivity index is 2.03. The van der Waals surface area contributed by atoms with Gasteiger partial charge in [-0.25, -0.2) is 0 Å². The molecule has 1 amide bonds. The van der Waals surface area contributed by atoms with E-state index < -0.39 is 0 Å². The summed E-state index contributed by atoms with van der Waals surface area (Å²) in [5, 5.41) is 3.15. The lowest BCUT2D eigenvalue weighted by atomic mass is 10.1. The predicted molar refractivity (Wildman–Crippen MR) is 60.6 cm³/mol. The molecule has 1 saturated heterocycles. The van der Waals surface area contributed by atoms with E-state index in [1.54, 1.807) is 0 Å². The summed E-state index contributed by atoms with van der Waals surface area (Å²) in [5.41, 5.74) is 0. The Morgan fingerprint density at radius 1 is 1.33 bits per heavy atom. The van der Waals surface area contributed by atoms with Crippen molar-refractivity contribution < 1.29 is 4.79 Å². The summed E-state index contributed by atoms with van der Waals surface area (Å²) in [4.78, 5) is 14.3. The van der Waals surface area contributed by atoms with Gasteiger partial charge < -0.3 is 10.2 Å². The number of nitrogens with one attached hydrogen (secondary N) is 1. The minimum absolute atomic E-state index is 0.0636. The summed E-state index contributed by atoms with van der Waals surface area (Å²) in [6.07, 6.45) is 5.97. The van der Waals surface area contributed by atoms with Crippen molar-refractivity contribution in [1.29, 1.82) is 0 Å². The lowest BCUT2D eigenvalue weighted by Crippen LogP contribution is -2.47. The monoisotopic (exact) mass is 210 g/mol. The minimum atomic E-state index is 0.0636. The van der Waals surface area contributed by atoms with Crippen molar-refractivity contribution in [2.45, 2.75) is 51.1 Å². The highest BCUT2D eigenvalue weighted by Gasteiger charge is 2.34. The number of hydrogen-bond acceptors (Lipinski definition) is 2. The normalized spacial score (nSPS) is 32.9. The van der Waals surface area contributed by atoms with Crippen LogP contribution in [0, 0.1) is 5.92 Å². The number of amides is 1. The van der Waals surface area contributed by atoms with Crippen LogP contribution in [-0.4, -0.2) is 36.5 Å². The molecule has 1 saturated carbocycles. The molecule has 1 N–H and O–H groups in total. The summed E-state index contributed by atoms with van der Waals surface area (Å²) >= 11 is 0. The average Bonchev–Trinajstić information content (AvgIpc) is 3.03. The van der Waals surface area contributed by atoms with Crippen molar-refractivity contribution >= 4 is 5.91 Å². The lowest BCUT2D eigenvalue weighted by Gasteiger charge is -2.29. The molecule has 3 heteroatoms. The van der Waals surface area contributed by atoms with Crippen molar-refractivity contribution in [3.05, 3.63) is 0 Å². The van der Waals surface area contributed by atoms with E-state index in [1.165, 1.54) is 19.3 Å². The SMILES string of the molecule is CNC1CCCC(C)N(CC2CC2)C1=O. The van der Waals surface area contributed by atoms with Gasteiger partial charge >= 0.3 is 0 Å². The maximum atomic E-state index is 12.2. The van der Waals surface area contributed by atoms with E-state index in [0.29, 0.717) is 11.9 Å². The smallest absolute Gasteiger partial charge is 0.239 e. The Hall–Kier alpha value is -0.570. The molecule has 0 spiro atoms. The zero-order valence-electron chi connectivity index (χ0n) is 9.83. The summed E-state index contributed by atoms with van der Waals surface area (Å²) in [7, 11) is 1.90. The molecular weight excluding hydrogens is 188 g/mol. The molecular formula is C12H22N2O. The molecule has 3 nitrogen and oxygen atoms in total. The van der Waals surface area contributed by atoms with Crippen molar-refractivity contribution in [3.63, 3.8) is 0 Å². The number of likely N-dealkylation sites (tertiary alicyclic amines) is 1. The van der Waals surface area contributed by atoms with Crippen LogP contribution in [0.5, 0.6) is 0 Å². The van der Waals surface area contributed by atoms with E-state index >= 15 is 0 Å². The second kappa shape index (κ2) is 4.52. The van der Waals surface area contributed by atoms with Crippen molar-refractivity contribution in [1.82, 2.24) is 10.2 Å². The van der Waals surface area contributed by atoms with Gasteiger partial charge in [0.15, 0.2) is 0 Å². The van der Waals surface area contributed by atoms with E-state index in [0.717, 1.165) is 25.3 Å². The quantitative estimate of drug-likeness (QED) is 0.763. The van der Waals surface area contributed by atoms with Gasteiger partial charge in [0.05, 0.1) is 6.04 Å². The van der Waals surface area contributed by atoms with Gasteiger partial charge in [0.25, 0.3) is 0 Å². The highest BCUT2D eigenvalue weighted by atomic mass is 16.2. The topological polar surface area (TPSA) is 32.3 Å². The third-order valence-electron chi connectivity index (χ3n) is 3.73. The Bertz CT molecular complexity index is 238. The zero-order valence-corrected chi connectivity index (χ0v) is 9.83. The van der Waals surface area contributed by atoms with Crippen molar-refractivity contribution in [2.75, 3.05) is 13.6 Å². The van der Waals surface area contributed by atoms with E-state index in [9.17, 15) is 4.79 Å². The summed E-state index contributed by atoms with van der Waals surface area (Å²) in [5.74, 6) is 1.13. The van der Waals surface area contributed by atoms with Crippen LogP contribution in [0.25, 0.3) is 0 Å². The molecule has 2 unspecified atom stereocenters. The van der Waals surface area contributed by atoms with Crippen LogP contribution in [0.4, 0.5) is 0 Å². The van der Waals surface area contributed by atoms with Crippen LogP contribution in [0.2, 0.25) is 0 Å². The van der Waals surface area contributed by atoms with Gasteiger partial charge in [0.2, 0.25) is 5.91 Å². The molecule has 2 rings (SSSR count). The molecule has 86 valence electrons. The molecule has 0 aromatic heterocycles. The number of nitrogens with zero attached hydrogens (tertiary/aromatic N) is 1. The van der Waals surface area contributed by atoms with E-state index in [1.807, 2.05) is 7.05 Å². The van der Waals surface area contributed by atoms with Crippen molar-refractivity contribution in [2.24, 2.45) is 5.92 Å². The molecule has 2 aliphatic rings. The van der Waals surface area contributed by atoms with Crippen LogP contribution >= 0.6 is 0 Å². The first-order valence-corrected chi connectivity index (χ1v) is 6.20. The van der Waals surface area contributed by atoms with E-state index in [4.69, 9.17) is 0 Å². The van der Waals surface area contributed by atoms with Crippen LogP contribution in [0.3, 0.4) is 0 Å². The fourth-order valence-electron chi connectivity index (χ4n) is 2.43. The second-order valence-corrected chi connectivity index (χ2v) is 5.06. The van der Waals surface area contributed by atoms with E-state index in [2.05, 4.69) is 17.1 Å². The molecule has 0 radical (unpaired) electrons. The van der Waals surface area contributed by atoms with Crippen LogP contribution in [-0.2, 0) is 4.79 Å². The number of hydrogen-bond donors (Lipinski definition) is 1. The molecule has 0 bridgehead atoms. The fourth-order valence-corrected chi connectivity index (χ4v) is 2.43. The number of carbonyl (C=O) groups excluding carboxylic acids is 1. The number of likely N-dealkylation sites (N-methyl/N-ethyl adjacent to an activating group) is 1. The van der Waals surface area contributed by atoms with Gasteiger partial charge in [-0.05, 0) is 52.0 Å². The zero-order chi connectivity index (χ0) is 10.8. The molecule has 2 atom stereocenters. The maximum Gasteiger partial charge on any atom is 0.239 e. The van der Waals surface area contributed by atoms with E-state index in [-0.39, 0.29) is 6.04 Å². The Morgan fingerprint density at radius 2 is 2.07 bits per heavy atom. The Labute approximate surface area is 92.2 Å². The van der Waals surface area contributed by atoms with Crippen LogP contribution < -0.4 is 5.32 Å².